The fourth-order valence-electron chi connectivity index (χ4n) is 2.54. The molecule has 1 aliphatic heterocycles. The Bertz CT molecular complexity index is 342. The van der Waals surface area contributed by atoms with Crippen LogP contribution in [0, 0.1) is 0 Å². The van der Waals surface area contributed by atoms with Crippen LogP contribution < -0.4 is 5.73 Å². The molecule has 1 aromatic rings. The van der Waals surface area contributed by atoms with E-state index in [0.717, 1.165) is 30.8 Å². The Morgan fingerprint density at radius 1 is 1.06 bits per heavy atom. The zero-order valence-electron chi connectivity index (χ0n) is 11.0. The first-order chi connectivity index (χ1) is 8.79. The van der Waals surface area contributed by atoms with E-state index < -0.39 is 0 Å². The van der Waals surface area contributed by atoms with Gasteiger partial charge in [-0.3, -0.25) is 0 Å². The molecule has 3 N–H and O–H groups in total. The lowest BCUT2D eigenvalue weighted by atomic mass is 10.1. The summed E-state index contributed by atoms with van der Waals surface area (Å²) in [5, 5.41) is 10.3. The van der Waals surface area contributed by atoms with Crippen molar-refractivity contribution in [3.8, 4) is 0 Å². The Kier molecular flexibility index (Phi) is 5.17. The molecule has 0 radical (unpaired) electrons. The zero-order valence-corrected chi connectivity index (χ0v) is 11.0. The summed E-state index contributed by atoms with van der Waals surface area (Å²) in [6.07, 6.45) is 4.81. The van der Waals surface area contributed by atoms with E-state index in [2.05, 4.69) is 4.90 Å². The fraction of sp³-hybridized carbons (Fsp3) is 0.600. The third kappa shape index (κ3) is 3.80. The summed E-state index contributed by atoms with van der Waals surface area (Å²) in [6.45, 7) is 3.56. The molecule has 0 amide bonds. The topological polar surface area (TPSA) is 49.5 Å². The second kappa shape index (κ2) is 6.88. The molecule has 1 fully saturated rings. The Balaban J connectivity index is 1.90. The van der Waals surface area contributed by atoms with Crippen molar-refractivity contribution < 1.29 is 5.11 Å². The highest BCUT2D eigenvalue weighted by molar-refractivity contribution is 5.24. The van der Waals surface area contributed by atoms with Gasteiger partial charge in [0.05, 0.1) is 6.10 Å². The zero-order chi connectivity index (χ0) is 12.8. The first-order valence-electron chi connectivity index (χ1n) is 6.99. The summed E-state index contributed by atoms with van der Waals surface area (Å²) in [5.41, 5.74) is 7.68. The summed E-state index contributed by atoms with van der Waals surface area (Å²) in [7, 11) is 0. The maximum atomic E-state index is 10.3. The fourth-order valence-corrected chi connectivity index (χ4v) is 2.54. The number of likely N-dealkylation sites (tertiary alicyclic amines) is 1. The molecule has 1 heterocycles. The van der Waals surface area contributed by atoms with Crippen molar-refractivity contribution >= 4 is 0 Å². The van der Waals surface area contributed by atoms with Gasteiger partial charge in [0.2, 0.25) is 0 Å². The molecule has 0 saturated carbocycles. The van der Waals surface area contributed by atoms with Crippen molar-refractivity contribution in [1.29, 1.82) is 0 Å². The average Bonchev–Trinajstić information content (AvgIpc) is 2.67. The lowest BCUT2D eigenvalue weighted by molar-refractivity contribution is 0.115. The molecule has 0 bridgehead atoms. The van der Waals surface area contributed by atoms with E-state index >= 15 is 0 Å². The monoisotopic (exact) mass is 248 g/mol. The largest absolute Gasteiger partial charge is 0.387 e. The molecule has 1 unspecified atom stereocenters. The number of nitrogens with two attached hydrogens (primary N) is 1. The molecule has 3 heteroatoms. The van der Waals surface area contributed by atoms with E-state index in [9.17, 15) is 5.11 Å². The van der Waals surface area contributed by atoms with Gasteiger partial charge in [0.1, 0.15) is 0 Å². The second-order valence-electron chi connectivity index (χ2n) is 5.18. The van der Waals surface area contributed by atoms with Crippen LogP contribution in [0.15, 0.2) is 24.3 Å². The highest BCUT2D eigenvalue weighted by Crippen LogP contribution is 2.17. The molecule has 0 aromatic heterocycles. The number of β-amino-alcohol motifs (C(OH)–C–C–N with tert-alkyl or cyclic N) is 1. The summed E-state index contributed by atoms with van der Waals surface area (Å²) in [4.78, 5) is 2.38. The summed E-state index contributed by atoms with van der Waals surface area (Å²) in [6, 6.07) is 7.98. The number of benzene rings is 1. The van der Waals surface area contributed by atoms with Gasteiger partial charge in [-0.05, 0) is 37.1 Å². The van der Waals surface area contributed by atoms with Crippen LogP contribution in [0.3, 0.4) is 0 Å². The summed E-state index contributed by atoms with van der Waals surface area (Å²) >= 11 is 0. The van der Waals surface area contributed by atoms with Crippen LogP contribution in [-0.4, -0.2) is 29.6 Å². The van der Waals surface area contributed by atoms with E-state index in [4.69, 9.17) is 5.73 Å². The van der Waals surface area contributed by atoms with E-state index in [1.54, 1.807) is 0 Å². The molecule has 1 aromatic carbocycles. The molecular formula is C15H24N2O. The number of nitrogens with zero attached hydrogens (tertiary/aromatic N) is 1. The molecule has 1 atom stereocenters. The van der Waals surface area contributed by atoms with Crippen LogP contribution >= 0.6 is 0 Å². The highest BCUT2D eigenvalue weighted by atomic mass is 16.3. The molecule has 1 saturated heterocycles. The van der Waals surface area contributed by atoms with Gasteiger partial charge in [0.15, 0.2) is 0 Å². The van der Waals surface area contributed by atoms with Crippen molar-refractivity contribution in [3.05, 3.63) is 35.4 Å². The first-order valence-corrected chi connectivity index (χ1v) is 6.99. The summed E-state index contributed by atoms with van der Waals surface area (Å²) in [5.74, 6) is 0. The van der Waals surface area contributed by atoms with Crippen LogP contribution in [-0.2, 0) is 6.54 Å². The van der Waals surface area contributed by atoms with E-state index in [-0.39, 0.29) is 6.10 Å². The minimum absolute atomic E-state index is 0.380. The van der Waals surface area contributed by atoms with E-state index in [1.165, 1.54) is 25.7 Å². The van der Waals surface area contributed by atoms with Crippen LogP contribution in [0.2, 0.25) is 0 Å². The SMILES string of the molecule is NCc1ccc(C(O)CN2CCCCCC2)cc1. The third-order valence-electron chi connectivity index (χ3n) is 3.73. The average molecular weight is 248 g/mol. The van der Waals surface area contributed by atoms with Gasteiger partial charge in [-0.2, -0.15) is 0 Å². The number of hydrogen-bond acceptors (Lipinski definition) is 3. The van der Waals surface area contributed by atoms with Gasteiger partial charge >= 0.3 is 0 Å². The maximum absolute atomic E-state index is 10.3. The van der Waals surface area contributed by atoms with Gasteiger partial charge in [-0.25, -0.2) is 0 Å². The highest BCUT2D eigenvalue weighted by Gasteiger charge is 2.14. The lowest BCUT2D eigenvalue weighted by Gasteiger charge is -2.23. The standard InChI is InChI=1S/C15H24N2O/c16-11-13-5-7-14(8-6-13)15(18)12-17-9-3-1-2-4-10-17/h5-8,15,18H,1-4,9-12,16H2. The van der Waals surface area contributed by atoms with Crippen LogP contribution in [0.1, 0.15) is 42.9 Å². The molecule has 0 spiro atoms. The summed E-state index contributed by atoms with van der Waals surface area (Å²) < 4.78 is 0. The predicted molar refractivity (Wildman–Crippen MR) is 74.2 cm³/mol. The molecule has 3 nitrogen and oxygen atoms in total. The first kappa shape index (κ1) is 13.5. The van der Waals surface area contributed by atoms with Crippen molar-refractivity contribution in [2.75, 3.05) is 19.6 Å². The predicted octanol–water partition coefficient (Wildman–Crippen LogP) is 2.05. The minimum Gasteiger partial charge on any atom is -0.387 e. The van der Waals surface area contributed by atoms with Gasteiger partial charge in [0.25, 0.3) is 0 Å². The Morgan fingerprint density at radius 3 is 2.22 bits per heavy atom. The Hall–Kier alpha value is -0.900. The molecule has 2 rings (SSSR count). The van der Waals surface area contributed by atoms with Crippen LogP contribution in [0.25, 0.3) is 0 Å². The van der Waals surface area contributed by atoms with Gasteiger partial charge < -0.3 is 15.7 Å². The molecular weight excluding hydrogens is 224 g/mol. The Morgan fingerprint density at radius 2 is 1.67 bits per heavy atom. The van der Waals surface area contributed by atoms with E-state index in [1.807, 2.05) is 24.3 Å². The van der Waals surface area contributed by atoms with Gasteiger partial charge in [-0.15, -0.1) is 0 Å². The number of aliphatic hydroxyl groups is 1. The normalized spacial score (nSPS) is 19.4. The third-order valence-corrected chi connectivity index (χ3v) is 3.73. The van der Waals surface area contributed by atoms with Crippen molar-refractivity contribution in [1.82, 2.24) is 4.90 Å². The maximum Gasteiger partial charge on any atom is 0.0916 e. The number of aliphatic hydroxyl groups excluding tert-OH is 1. The molecule has 1 aliphatic rings. The van der Waals surface area contributed by atoms with E-state index in [0.29, 0.717) is 6.54 Å². The van der Waals surface area contributed by atoms with Crippen LogP contribution in [0.5, 0.6) is 0 Å². The van der Waals surface area contributed by atoms with Crippen molar-refractivity contribution in [2.24, 2.45) is 5.73 Å². The molecule has 18 heavy (non-hydrogen) atoms. The van der Waals surface area contributed by atoms with Crippen LogP contribution in [0.4, 0.5) is 0 Å². The number of hydrogen-bond donors (Lipinski definition) is 2. The number of rotatable bonds is 4. The lowest BCUT2D eigenvalue weighted by Crippen LogP contribution is -2.29. The van der Waals surface area contributed by atoms with Gasteiger partial charge in [-0.1, -0.05) is 37.1 Å². The molecule has 0 aliphatic carbocycles. The van der Waals surface area contributed by atoms with Gasteiger partial charge in [0, 0.05) is 13.1 Å². The minimum atomic E-state index is -0.380. The molecule has 100 valence electrons. The van der Waals surface area contributed by atoms with Crippen molar-refractivity contribution in [2.45, 2.75) is 38.3 Å². The van der Waals surface area contributed by atoms with Crippen molar-refractivity contribution in [3.63, 3.8) is 0 Å². The Labute approximate surface area is 110 Å². The second-order valence-corrected chi connectivity index (χ2v) is 5.18. The quantitative estimate of drug-likeness (QED) is 0.857. The smallest absolute Gasteiger partial charge is 0.0916 e.